The molecule has 0 aromatic carbocycles. The van der Waals surface area contributed by atoms with Crippen molar-refractivity contribution in [3.05, 3.63) is 18.2 Å². The van der Waals surface area contributed by atoms with Gasteiger partial charge < -0.3 is 11.5 Å². The maximum Gasteiger partial charge on any atom is 0.319 e. The summed E-state index contributed by atoms with van der Waals surface area (Å²) >= 11 is 0. The van der Waals surface area contributed by atoms with E-state index in [1.54, 1.807) is 19.3 Å². The number of nitrogens with two attached hydrogens (primary N) is 2. The van der Waals surface area contributed by atoms with Gasteiger partial charge in [-0.3, -0.25) is 4.90 Å². The zero-order valence-corrected chi connectivity index (χ0v) is 8.68. The van der Waals surface area contributed by atoms with Crippen LogP contribution in [0.1, 0.15) is 12.2 Å². The summed E-state index contributed by atoms with van der Waals surface area (Å²) in [6.07, 6.45) is 3.84. The van der Waals surface area contributed by atoms with Gasteiger partial charge in [0.05, 0.1) is 18.1 Å². The van der Waals surface area contributed by atoms with Crippen molar-refractivity contribution in [3.63, 3.8) is 0 Å². The van der Waals surface area contributed by atoms with Crippen LogP contribution in [0.3, 0.4) is 0 Å². The Morgan fingerprint density at radius 2 is 2.07 bits per heavy atom. The first-order valence-electron chi connectivity index (χ1n) is 4.71. The Kier molecular flexibility index (Phi) is 3.99. The highest BCUT2D eigenvalue weighted by molar-refractivity contribution is 5.90. The zero-order chi connectivity index (χ0) is 11.3. The molecule has 0 unspecified atom stereocenters. The van der Waals surface area contributed by atoms with Crippen molar-refractivity contribution in [2.45, 2.75) is 13.3 Å². The number of hydrogen-bond acceptors (Lipinski definition) is 4. The van der Waals surface area contributed by atoms with E-state index in [1.165, 1.54) is 4.90 Å². The van der Waals surface area contributed by atoms with Crippen molar-refractivity contribution in [1.82, 2.24) is 9.97 Å². The number of aryl methyl sites for hydroxylation is 1. The smallest absolute Gasteiger partial charge is 0.319 e. The normalized spacial score (nSPS) is 10.0. The standard InChI is InChI=1S/C9H15N5O/c1-7-12-5-8(6-13-7)14(9(11)15)4-2-3-10/h5-6H,2-4,10H2,1H3,(H2,11,15). The molecule has 0 bridgehead atoms. The maximum atomic E-state index is 11.1. The highest BCUT2D eigenvalue weighted by Gasteiger charge is 2.11. The molecular weight excluding hydrogens is 194 g/mol. The third-order valence-corrected chi connectivity index (χ3v) is 1.93. The minimum atomic E-state index is -0.518. The van der Waals surface area contributed by atoms with Crippen molar-refractivity contribution >= 4 is 11.7 Å². The zero-order valence-electron chi connectivity index (χ0n) is 8.68. The lowest BCUT2D eigenvalue weighted by Crippen LogP contribution is -2.37. The highest BCUT2D eigenvalue weighted by atomic mass is 16.2. The summed E-state index contributed by atoms with van der Waals surface area (Å²) in [6, 6.07) is -0.518. The van der Waals surface area contributed by atoms with Gasteiger partial charge in [-0.05, 0) is 19.9 Å². The van der Waals surface area contributed by atoms with Gasteiger partial charge in [-0.2, -0.15) is 0 Å². The molecule has 1 heterocycles. The molecule has 0 aliphatic heterocycles. The number of nitrogens with zero attached hydrogens (tertiary/aromatic N) is 3. The second kappa shape index (κ2) is 5.26. The summed E-state index contributed by atoms with van der Waals surface area (Å²) in [6.45, 7) is 2.77. The molecular formula is C9H15N5O. The van der Waals surface area contributed by atoms with Crippen molar-refractivity contribution in [2.75, 3.05) is 18.0 Å². The van der Waals surface area contributed by atoms with Crippen LogP contribution in [-0.2, 0) is 0 Å². The molecule has 1 aromatic heterocycles. The predicted octanol–water partition coefficient (Wildman–Crippen LogP) is 0.0189. The van der Waals surface area contributed by atoms with E-state index < -0.39 is 6.03 Å². The Labute approximate surface area is 88.3 Å². The number of anilines is 1. The monoisotopic (exact) mass is 209 g/mol. The van der Waals surface area contributed by atoms with Gasteiger partial charge >= 0.3 is 6.03 Å². The molecule has 6 heteroatoms. The SMILES string of the molecule is Cc1ncc(N(CCCN)C(N)=O)cn1. The number of hydrogen-bond donors (Lipinski definition) is 2. The van der Waals surface area contributed by atoms with E-state index in [-0.39, 0.29) is 0 Å². The van der Waals surface area contributed by atoms with Gasteiger partial charge in [0, 0.05) is 6.54 Å². The first-order valence-corrected chi connectivity index (χ1v) is 4.71. The van der Waals surface area contributed by atoms with Gasteiger partial charge in [-0.1, -0.05) is 0 Å². The quantitative estimate of drug-likeness (QED) is 0.730. The number of urea groups is 1. The van der Waals surface area contributed by atoms with Crippen LogP contribution in [0.5, 0.6) is 0 Å². The summed E-state index contributed by atoms with van der Waals surface area (Å²) < 4.78 is 0. The lowest BCUT2D eigenvalue weighted by molar-refractivity contribution is 0.254. The minimum absolute atomic E-state index is 0.484. The topological polar surface area (TPSA) is 98.1 Å². The molecule has 0 saturated heterocycles. The van der Waals surface area contributed by atoms with Crippen LogP contribution >= 0.6 is 0 Å². The van der Waals surface area contributed by atoms with Crippen LogP contribution in [0.2, 0.25) is 0 Å². The van der Waals surface area contributed by atoms with Crippen LogP contribution in [-0.4, -0.2) is 29.1 Å². The second-order valence-corrected chi connectivity index (χ2v) is 3.12. The van der Waals surface area contributed by atoms with Gasteiger partial charge in [0.1, 0.15) is 5.82 Å². The molecule has 0 radical (unpaired) electrons. The van der Waals surface area contributed by atoms with Crippen LogP contribution < -0.4 is 16.4 Å². The Morgan fingerprint density at radius 1 is 1.47 bits per heavy atom. The van der Waals surface area contributed by atoms with E-state index in [9.17, 15) is 4.79 Å². The fraction of sp³-hybridized carbons (Fsp3) is 0.444. The second-order valence-electron chi connectivity index (χ2n) is 3.12. The molecule has 0 spiro atoms. The van der Waals surface area contributed by atoms with Crippen LogP contribution in [0.25, 0.3) is 0 Å². The average Bonchev–Trinajstić information content (AvgIpc) is 2.21. The summed E-state index contributed by atoms with van der Waals surface area (Å²) in [5.74, 6) is 0.655. The molecule has 0 aliphatic rings. The number of carbonyl (C=O) groups excluding carboxylic acids is 1. The number of rotatable bonds is 4. The van der Waals surface area contributed by atoms with Gasteiger partial charge in [0.15, 0.2) is 0 Å². The van der Waals surface area contributed by atoms with E-state index in [2.05, 4.69) is 9.97 Å². The molecule has 0 saturated carbocycles. The third-order valence-electron chi connectivity index (χ3n) is 1.93. The van der Waals surface area contributed by atoms with Crippen LogP contribution in [0, 0.1) is 6.92 Å². The lowest BCUT2D eigenvalue weighted by Gasteiger charge is -2.19. The van der Waals surface area contributed by atoms with E-state index in [0.717, 1.165) is 0 Å². The number of carbonyl (C=O) groups is 1. The Balaban J connectivity index is 2.79. The maximum absolute atomic E-state index is 11.1. The largest absolute Gasteiger partial charge is 0.351 e. The van der Waals surface area contributed by atoms with Crippen molar-refractivity contribution < 1.29 is 4.79 Å². The van der Waals surface area contributed by atoms with E-state index in [0.29, 0.717) is 31.0 Å². The third kappa shape index (κ3) is 3.17. The molecule has 0 atom stereocenters. The number of aromatic nitrogens is 2. The van der Waals surface area contributed by atoms with E-state index >= 15 is 0 Å². The fourth-order valence-corrected chi connectivity index (χ4v) is 1.14. The summed E-state index contributed by atoms with van der Waals surface area (Å²) in [7, 11) is 0. The van der Waals surface area contributed by atoms with Crippen LogP contribution in [0.15, 0.2) is 12.4 Å². The van der Waals surface area contributed by atoms with Gasteiger partial charge in [0.25, 0.3) is 0 Å². The number of amides is 2. The summed E-state index contributed by atoms with van der Waals surface area (Å²) in [5, 5.41) is 0. The van der Waals surface area contributed by atoms with E-state index in [4.69, 9.17) is 11.5 Å². The van der Waals surface area contributed by atoms with Crippen molar-refractivity contribution in [2.24, 2.45) is 11.5 Å². The molecule has 0 aliphatic carbocycles. The number of primary amides is 1. The molecule has 4 N–H and O–H groups in total. The molecule has 1 aromatic rings. The first kappa shape index (κ1) is 11.4. The fourth-order valence-electron chi connectivity index (χ4n) is 1.14. The van der Waals surface area contributed by atoms with E-state index in [1.807, 2.05) is 0 Å². The summed E-state index contributed by atoms with van der Waals surface area (Å²) in [4.78, 5) is 20.5. The van der Waals surface area contributed by atoms with Gasteiger partial charge in [-0.15, -0.1) is 0 Å². The molecule has 2 amide bonds. The minimum Gasteiger partial charge on any atom is -0.351 e. The molecule has 15 heavy (non-hydrogen) atoms. The molecule has 1 rings (SSSR count). The lowest BCUT2D eigenvalue weighted by atomic mass is 10.3. The van der Waals surface area contributed by atoms with Crippen molar-refractivity contribution in [3.8, 4) is 0 Å². The first-order chi connectivity index (χ1) is 7.15. The average molecular weight is 209 g/mol. The van der Waals surface area contributed by atoms with Gasteiger partial charge in [-0.25, -0.2) is 14.8 Å². The Bertz CT molecular complexity index is 324. The Hall–Kier alpha value is -1.69. The molecule has 0 fully saturated rings. The molecule has 6 nitrogen and oxygen atoms in total. The Morgan fingerprint density at radius 3 is 2.53 bits per heavy atom. The highest BCUT2D eigenvalue weighted by Crippen LogP contribution is 2.10. The van der Waals surface area contributed by atoms with Gasteiger partial charge in [0.2, 0.25) is 0 Å². The predicted molar refractivity (Wildman–Crippen MR) is 57.4 cm³/mol. The van der Waals surface area contributed by atoms with Crippen molar-refractivity contribution in [1.29, 1.82) is 0 Å². The molecule has 82 valence electrons. The summed E-state index contributed by atoms with van der Waals surface area (Å²) in [5.41, 5.74) is 11.2. The van der Waals surface area contributed by atoms with Crippen LogP contribution in [0.4, 0.5) is 10.5 Å².